The van der Waals surface area contributed by atoms with E-state index in [1.54, 1.807) is 0 Å². The van der Waals surface area contributed by atoms with E-state index in [0.29, 0.717) is 31.3 Å². The molecule has 1 amide bonds. The second-order valence-corrected chi connectivity index (χ2v) is 5.71. The van der Waals surface area contributed by atoms with E-state index in [2.05, 4.69) is 31.3 Å². The molecule has 0 bridgehead atoms. The molecule has 0 spiro atoms. The summed E-state index contributed by atoms with van der Waals surface area (Å²) in [5.41, 5.74) is 6.88. The molecule has 1 atom stereocenters. The third-order valence-electron chi connectivity index (χ3n) is 3.80. The zero-order valence-electron chi connectivity index (χ0n) is 12.8. The van der Waals surface area contributed by atoms with Gasteiger partial charge in [-0.2, -0.15) is 0 Å². The molecule has 3 heteroatoms. The van der Waals surface area contributed by atoms with Crippen LogP contribution in [-0.4, -0.2) is 19.0 Å². The van der Waals surface area contributed by atoms with E-state index in [4.69, 9.17) is 5.73 Å². The molecule has 1 unspecified atom stereocenters. The van der Waals surface area contributed by atoms with Gasteiger partial charge in [-0.25, -0.2) is 0 Å². The van der Waals surface area contributed by atoms with Crippen molar-refractivity contribution in [2.24, 2.45) is 17.6 Å². The van der Waals surface area contributed by atoms with Crippen LogP contribution >= 0.6 is 0 Å². The van der Waals surface area contributed by atoms with Crippen molar-refractivity contribution in [1.29, 1.82) is 0 Å². The number of amides is 1. The SMILES string of the molecule is CC(C)C(CCN)CCC(=O)NCCc1ccccc1. The van der Waals surface area contributed by atoms with Crippen LogP contribution in [0.3, 0.4) is 0 Å². The fourth-order valence-electron chi connectivity index (χ4n) is 2.42. The number of benzene rings is 1. The summed E-state index contributed by atoms with van der Waals surface area (Å²) in [5, 5.41) is 3.00. The van der Waals surface area contributed by atoms with Gasteiger partial charge in [-0.3, -0.25) is 4.79 Å². The number of hydrogen-bond acceptors (Lipinski definition) is 2. The number of nitrogens with two attached hydrogens (primary N) is 1. The van der Waals surface area contributed by atoms with Gasteiger partial charge in [0, 0.05) is 13.0 Å². The van der Waals surface area contributed by atoms with Crippen molar-refractivity contribution < 1.29 is 4.79 Å². The Kier molecular flexibility index (Phi) is 7.97. The standard InChI is InChI=1S/C17H28N2O/c1-14(2)16(10-12-18)8-9-17(20)19-13-11-15-6-4-3-5-7-15/h3-7,14,16H,8-13,18H2,1-2H3,(H,19,20). The maximum atomic E-state index is 11.8. The third kappa shape index (κ3) is 6.71. The summed E-state index contributed by atoms with van der Waals surface area (Å²) >= 11 is 0. The van der Waals surface area contributed by atoms with Crippen LogP contribution < -0.4 is 11.1 Å². The first-order valence-corrected chi connectivity index (χ1v) is 7.64. The monoisotopic (exact) mass is 276 g/mol. The zero-order chi connectivity index (χ0) is 14.8. The Morgan fingerprint density at radius 2 is 1.90 bits per heavy atom. The quantitative estimate of drug-likeness (QED) is 0.728. The van der Waals surface area contributed by atoms with Crippen molar-refractivity contribution in [3.63, 3.8) is 0 Å². The molecule has 0 saturated carbocycles. The van der Waals surface area contributed by atoms with Gasteiger partial charge in [0.1, 0.15) is 0 Å². The third-order valence-corrected chi connectivity index (χ3v) is 3.80. The van der Waals surface area contributed by atoms with Crippen molar-refractivity contribution >= 4 is 5.91 Å². The molecule has 20 heavy (non-hydrogen) atoms. The van der Waals surface area contributed by atoms with Gasteiger partial charge < -0.3 is 11.1 Å². The summed E-state index contributed by atoms with van der Waals surface area (Å²) in [7, 11) is 0. The van der Waals surface area contributed by atoms with Crippen LogP contribution in [0.1, 0.15) is 38.7 Å². The molecule has 1 rings (SSSR count). The van der Waals surface area contributed by atoms with E-state index in [-0.39, 0.29) is 5.91 Å². The van der Waals surface area contributed by atoms with Crippen LogP contribution in [0.25, 0.3) is 0 Å². The molecule has 0 heterocycles. The van der Waals surface area contributed by atoms with Gasteiger partial charge in [-0.05, 0) is 43.2 Å². The zero-order valence-corrected chi connectivity index (χ0v) is 12.8. The lowest BCUT2D eigenvalue weighted by molar-refractivity contribution is -0.121. The second-order valence-electron chi connectivity index (χ2n) is 5.71. The van der Waals surface area contributed by atoms with Gasteiger partial charge in [0.25, 0.3) is 0 Å². The number of carbonyl (C=O) groups excluding carboxylic acids is 1. The average molecular weight is 276 g/mol. The van der Waals surface area contributed by atoms with E-state index in [9.17, 15) is 4.79 Å². The fourth-order valence-corrected chi connectivity index (χ4v) is 2.42. The van der Waals surface area contributed by atoms with Crippen LogP contribution in [0.2, 0.25) is 0 Å². The Hall–Kier alpha value is -1.35. The first kappa shape index (κ1) is 16.7. The second kappa shape index (κ2) is 9.54. The van der Waals surface area contributed by atoms with Crippen molar-refractivity contribution in [3.05, 3.63) is 35.9 Å². The Morgan fingerprint density at radius 3 is 2.50 bits per heavy atom. The molecule has 0 aliphatic rings. The first-order valence-electron chi connectivity index (χ1n) is 7.64. The summed E-state index contributed by atoms with van der Waals surface area (Å²) in [5.74, 6) is 1.30. The maximum absolute atomic E-state index is 11.8. The van der Waals surface area contributed by atoms with Crippen molar-refractivity contribution in [2.45, 2.75) is 39.5 Å². The van der Waals surface area contributed by atoms with E-state index in [1.165, 1.54) is 5.56 Å². The van der Waals surface area contributed by atoms with Gasteiger partial charge in [0.15, 0.2) is 0 Å². The van der Waals surface area contributed by atoms with E-state index < -0.39 is 0 Å². The normalized spacial score (nSPS) is 12.4. The van der Waals surface area contributed by atoms with Crippen molar-refractivity contribution in [2.75, 3.05) is 13.1 Å². The number of rotatable bonds is 9. The van der Waals surface area contributed by atoms with Crippen LogP contribution in [0.5, 0.6) is 0 Å². The minimum atomic E-state index is 0.156. The number of hydrogen-bond donors (Lipinski definition) is 2. The molecular formula is C17H28N2O. The molecule has 0 radical (unpaired) electrons. The summed E-state index contributed by atoms with van der Waals surface area (Å²) in [6.07, 6.45) is 3.45. The molecule has 0 saturated heterocycles. The Labute approximate surface area is 122 Å². The molecule has 1 aromatic rings. The highest BCUT2D eigenvalue weighted by molar-refractivity contribution is 5.75. The molecule has 112 valence electrons. The Balaban J connectivity index is 2.20. The predicted octanol–water partition coefficient (Wildman–Crippen LogP) is 2.75. The van der Waals surface area contributed by atoms with E-state index in [0.717, 1.165) is 19.3 Å². The molecule has 0 aliphatic heterocycles. The highest BCUT2D eigenvalue weighted by Crippen LogP contribution is 2.20. The van der Waals surface area contributed by atoms with Crippen LogP contribution in [0, 0.1) is 11.8 Å². The van der Waals surface area contributed by atoms with Crippen LogP contribution in [0.15, 0.2) is 30.3 Å². The van der Waals surface area contributed by atoms with Gasteiger partial charge in [-0.15, -0.1) is 0 Å². The molecule has 3 N–H and O–H groups in total. The smallest absolute Gasteiger partial charge is 0.220 e. The molecular weight excluding hydrogens is 248 g/mol. The van der Waals surface area contributed by atoms with Gasteiger partial charge in [-0.1, -0.05) is 44.2 Å². The lowest BCUT2D eigenvalue weighted by Crippen LogP contribution is -2.26. The van der Waals surface area contributed by atoms with E-state index in [1.807, 2.05) is 18.2 Å². The predicted molar refractivity (Wildman–Crippen MR) is 84.4 cm³/mol. The van der Waals surface area contributed by atoms with Gasteiger partial charge in [0.2, 0.25) is 5.91 Å². The molecule has 3 nitrogen and oxygen atoms in total. The minimum absolute atomic E-state index is 0.156. The first-order chi connectivity index (χ1) is 9.63. The summed E-state index contributed by atoms with van der Waals surface area (Å²) in [6, 6.07) is 10.2. The van der Waals surface area contributed by atoms with Gasteiger partial charge in [0.05, 0.1) is 0 Å². The topological polar surface area (TPSA) is 55.1 Å². The largest absolute Gasteiger partial charge is 0.356 e. The molecule has 0 aliphatic carbocycles. The van der Waals surface area contributed by atoms with Gasteiger partial charge >= 0.3 is 0 Å². The van der Waals surface area contributed by atoms with Crippen molar-refractivity contribution in [3.8, 4) is 0 Å². The lowest BCUT2D eigenvalue weighted by atomic mass is 9.88. The number of nitrogens with one attached hydrogen (secondary N) is 1. The highest BCUT2D eigenvalue weighted by Gasteiger charge is 2.14. The fraction of sp³-hybridized carbons (Fsp3) is 0.588. The summed E-state index contributed by atoms with van der Waals surface area (Å²) < 4.78 is 0. The van der Waals surface area contributed by atoms with E-state index >= 15 is 0 Å². The highest BCUT2D eigenvalue weighted by atomic mass is 16.1. The molecule has 0 fully saturated rings. The Morgan fingerprint density at radius 1 is 1.20 bits per heavy atom. The maximum Gasteiger partial charge on any atom is 0.220 e. The lowest BCUT2D eigenvalue weighted by Gasteiger charge is -2.19. The molecule has 0 aromatic heterocycles. The minimum Gasteiger partial charge on any atom is -0.356 e. The van der Waals surface area contributed by atoms with Crippen molar-refractivity contribution in [1.82, 2.24) is 5.32 Å². The van der Waals surface area contributed by atoms with Crippen LogP contribution in [0.4, 0.5) is 0 Å². The van der Waals surface area contributed by atoms with Crippen LogP contribution in [-0.2, 0) is 11.2 Å². The molecule has 1 aromatic carbocycles. The average Bonchev–Trinajstić information content (AvgIpc) is 2.44. The number of carbonyl (C=O) groups is 1. The Bertz CT molecular complexity index is 376. The summed E-state index contributed by atoms with van der Waals surface area (Å²) in [4.78, 5) is 11.8. The summed E-state index contributed by atoms with van der Waals surface area (Å²) in [6.45, 7) is 5.83.